The van der Waals surface area contributed by atoms with Crippen LogP contribution in [0.2, 0.25) is 0 Å². The van der Waals surface area contributed by atoms with Crippen LogP contribution in [0.25, 0.3) is 0 Å². The molecule has 6 nitrogen and oxygen atoms in total. The third-order valence-corrected chi connectivity index (χ3v) is 4.68. The van der Waals surface area contributed by atoms with Gasteiger partial charge in [-0.2, -0.15) is 0 Å². The van der Waals surface area contributed by atoms with Gasteiger partial charge in [-0.15, -0.1) is 11.3 Å². The van der Waals surface area contributed by atoms with E-state index in [1.54, 1.807) is 19.3 Å². The highest BCUT2D eigenvalue weighted by Crippen LogP contribution is 2.13. The number of pyridine rings is 1. The van der Waals surface area contributed by atoms with E-state index < -0.39 is 10.0 Å². The van der Waals surface area contributed by atoms with Crippen molar-refractivity contribution in [3.8, 4) is 0 Å². The van der Waals surface area contributed by atoms with Crippen LogP contribution >= 0.6 is 11.3 Å². The van der Waals surface area contributed by atoms with Gasteiger partial charge in [0.1, 0.15) is 15.7 Å². The molecule has 0 aliphatic carbocycles. The number of nitrogens with one attached hydrogen (secondary N) is 2. The zero-order valence-electron chi connectivity index (χ0n) is 10.5. The van der Waals surface area contributed by atoms with Gasteiger partial charge in [0, 0.05) is 24.3 Å². The molecule has 0 aliphatic heterocycles. The highest BCUT2D eigenvalue weighted by molar-refractivity contribution is 7.89. The van der Waals surface area contributed by atoms with Crippen LogP contribution in [0.4, 0.5) is 5.82 Å². The van der Waals surface area contributed by atoms with Crippen molar-refractivity contribution in [1.29, 1.82) is 0 Å². The maximum absolute atomic E-state index is 12.0. The highest BCUT2D eigenvalue weighted by Gasteiger charge is 2.14. The summed E-state index contributed by atoms with van der Waals surface area (Å²) in [6, 6.07) is 3.12. The number of hydrogen-bond donors (Lipinski definition) is 2. The van der Waals surface area contributed by atoms with E-state index in [-0.39, 0.29) is 11.4 Å². The maximum atomic E-state index is 12.0. The molecular formula is C11H14N4O2S2. The lowest BCUT2D eigenvalue weighted by atomic mass is 10.5. The highest BCUT2D eigenvalue weighted by atomic mass is 32.2. The van der Waals surface area contributed by atoms with Crippen molar-refractivity contribution in [3.63, 3.8) is 0 Å². The van der Waals surface area contributed by atoms with Gasteiger partial charge >= 0.3 is 0 Å². The van der Waals surface area contributed by atoms with Gasteiger partial charge in [-0.1, -0.05) is 0 Å². The molecule has 0 amide bonds. The van der Waals surface area contributed by atoms with Crippen LogP contribution in [-0.4, -0.2) is 25.4 Å². The van der Waals surface area contributed by atoms with Gasteiger partial charge in [-0.3, -0.25) is 0 Å². The molecule has 2 aromatic rings. The quantitative estimate of drug-likeness (QED) is 0.871. The second-order valence-electron chi connectivity index (χ2n) is 3.82. The molecule has 0 saturated heterocycles. The van der Waals surface area contributed by atoms with Crippen molar-refractivity contribution in [3.05, 3.63) is 34.4 Å². The Hall–Kier alpha value is -1.51. The van der Waals surface area contributed by atoms with Crippen LogP contribution in [0, 0.1) is 6.92 Å². The van der Waals surface area contributed by atoms with Crippen LogP contribution in [-0.2, 0) is 16.6 Å². The summed E-state index contributed by atoms with van der Waals surface area (Å²) in [6.07, 6.45) is 3.04. The smallest absolute Gasteiger partial charge is 0.242 e. The van der Waals surface area contributed by atoms with E-state index in [2.05, 4.69) is 20.0 Å². The van der Waals surface area contributed by atoms with Crippen LogP contribution in [0.3, 0.4) is 0 Å². The summed E-state index contributed by atoms with van der Waals surface area (Å²) in [4.78, 5) is 9.27. The predicted molar refractivity (Wildman–Crippen MR) is 74.7 cm³/mol. The van der Waals surface area contributed by atoms with Gasteiger partial charge in [-0.05, 0) is 19.1 Å². The van der Waals surface area contributed by atoms with Gasteiger partial charge in [0.05, 0.1) is 6.54 Å². The number of aromatic nitrogens is 2. The molecule has 0 aliphatic rings. The minimum absolute atomic E-state index is 0.139. The SMILES string of the molecule is CNc1ccc(S(=O)(=O)NCc2ncc(C)s2)cn1. The lowest BCUT2D eigenvalue weighted by molar-refractivity contribution is 0.580. The molecule has 102 valence electrons. The molecule has 0 aromatic carbocycles. The Bertz CT molecular complexity index is 650. The third kappa shape index (κ3) is 3.49. The van der Waals surface area contributed by atoms with Gasteiger partial charge in [-0.25, -0.2) is 23.1 Å². The first-order chi connectivity index (χ1) is 9.01. The fourth-order valence-corrected chi connectivity index (χ4v) is 3.16. The first kappa shape index (κ1) is 13.9. The summed E-state index contributed by atoms with van der Waals surface area (Å²) in [6.45, 7) is 2.12. The number of rotatable bonds is 5. The van der Waals surface area contributed by atoms with Crippen molar-refractivity contribution in [2.24, 2.45) is 0 Å². The number of nitrogens with zero attached hydrogens (tertiary/aromatic N) is 2. The Morgan fingerprint density at radius 1 is 1.26 bits per heavy atom. The average molecular weight is 298 g/mol. The monoisotopic (exact) mass is 298 g/mol. The van der Waals surface area contributed by atoms with Gasteiger partial charge in [0.25, 0.3) is 0 Å². The molecule has 0 saturated carbocycles. The molecule has 0 bridgehead atoms. The van der Waals surface area contributed by atoms with E-state index in [9.17, 15) is 8.42 Å². The van der Waals surface area contributed by atoms with E-state index in [4.69, 9.17) is 0 Å². The summed E-state index contributed by atoms with van der Waals surface area (Å²) < 4.78 is 26.5. The fraction of sp³-hybridized carbons (Fsp3) is 0.273. The molecule has 19 heavy (non-hydrogen) atoms. The van der Waals surface area contributed by atoms with Crippen LogP contribution in [0.5, 0.6) is 0 Å². The van der Waals surface area contributed by atoms with Gasteiger partial charge < -0.3 is 5.32 Å². The van der Waals surface area contributed by atoms with E-state index >= 15 is 0 Å². The number of anilines is 1. The first-order valence-electron chi connectivity index (χ1n) is 5.56. The Morgan fingerprint density at radius 2 is 2.05 bits per heavy atom. The number of aryl methyl sites for hydroxylation is 1. The Balaban J connectivity index is 2.09. The molecule has 0 unspecified atom stereocenters. The molecule has 8 heteroatoms. The molecule has 0 fully saturated rings. The minimum atomic E-state index is -3.55. The second-order valence-corrected chi connectivity index (χ2v) is 6.90. The molecular weight excluding hydrogens is 284 g/mol. The maximum Gasteiger partial charge on any atom is 0.242 e. The van der Waals surface area contributed by atoms with Gasteiger partial charge in [0.15, 0.2) is 0 Å². The van der Waals surface area contributed by atoms with E-state index in [1.165, 1.54) is 23.6 Å². The fourth-order valence-electron chi connectivity index (χ4n) is 1.41. The van der Waals surface area contributed by atoms with Crippen molar-refractivity contribution in [1.82, 2.24) is 14.7 Å². The molecule has 2 heterocycles. The summed E-state index contributed by atoms with van der Waals surface area (Å²) in [5, 5.41) is 3.57. The van der Waals surface area contributed by atoms with E-state index in [1.807, 2.05) is 6.92 Å². The zero-order valence-corrected chi connectivity index (χ0v) is 12.2. The lowest BCUT2D eigenvalue weighted by Crippen LogP contribution is -2.23. The van der Waals surface area contributed by atoms with Crippen molar-refractivity contribution in [2.75, 3.05) is 12.4 Å². The lowest BCUT2D eigenvalue weighted by Gasteiger charge is -2.05. The van der Waals surface area contributed by atoms with Crippen molar-refractivity contribution >= 4 is 27.2 Å². The molecule has 0 spiro atoms. The Morgan fingerprint density at radius 3 is 2.58 bits per heavy atom. The van der Waals surface area contributed by atoms with Crippen LogP contribution in [0.1, 0.15) is 9.88 Å². The number of sulfonamides is 1. The van der Waals surface area contributed by atoms with Gasteiger partial charge in [0.2, 0.25) is 10.0 Å². The van der Waals surface area contributed by atoms with E-state index in [0.29, 0.717) is 5.82 Å². The number of hydrogen-bond acceptors (Lipinski definition) is 6. The van der Waals surface area contributed by atoms with E-state index in [0.717, 1.165) is 9.88 Å². The second kappa shape index (κ2) is 5.64. The number of thiazole rings is 1. The predicted octanol–water partition coefficient (Wildman–Crippen LogP) is 1.37. The summed E-state index contributed by atoms with van der Waals surface area (Å²) in [5.41, 5.74) is 0. The van der Waals surface area contributed by atoms with Crippen molar-refractivity contribution < 1.29 is 8.42 Å². The molecule has 2 rings (SSSR count). The molecule has 0 radical (unpaired) electrons. The minimum Gasteiger partial charge on any atom is -0.373 e. The normalized spacial score (nSPS) is 11.5. The van der Waals surface area contributed by atoms with Crippen LogP contribution in [0.15, 0.2) is 29.4 Å². The zero-order chi connectivity index (χ0) is 13.9. The molecule has 2 N–H and O–H groups in total. The summed E-state index contributed by atoms with van der Waals surface area (Å²) in [7, 11) is -1.83. The van der Waals surface area contributed by atoms with Crippen molar-refractivity contribution in [2.45, 2.75) is 18.4 Å². The third-order valence-electron chi connectivity index (χ3n) is 2.39. The molecule has 2 aromatic heterocycles. The standard InChI is InChI=1S/C11H14N4O2S2/c1-8-5-14-11(18-8)7-15-19(16,17)9-3-4-10(12-2)13-6-9/h3-6,15H,7H2,1-2H3,(H,12,13). The Kier molecular flexibility index (Phi) is 4.13. The topological polar surface area (TPSA) is 84.0 Å². The average Bonchev–Trinajstić information content (AvgIpc) is 2.82. The van der Waals surface area contributed by atoms with Crippen LogP contribution < -0.4 is 10.0 Å². The Labute approximate surface area is 116 Å². The summed E-state index contributed by atoms with van der Waals surface area (Å²) >= 11 is 1.47. The summed E-state index contributed by atoms with van der Waals surface area (Å²) in [5.74, 6) is 0.620. The first-order valence-corrected chi connectivity index (χ1v) is 7.86. The largest absolute Gasteiger partial charge is 0.373 e. The molecule has 0 atom stereocenters.